The molecule has 172 valence electrons. The summed E-state index contributed by atoms with van der Waals surface area (Å²) in [6.45, 7) is 3.43. The largest absolute Gasteiger partial charge is 0.370 e. The third-order valence-electron chi connectivity index (χ3n) is 5.84. The van der Waals surface area contributed by atoms with Gasteiger partial charge in [0.2, 0.25) is 5.91 Å². The molecule has 4 rings (SSSR count). The van der Waals surface area contributed by atoms with Gasteiger partial charge in [-0.2, -0.15) is 0 Å². The average Bonchev–Trinajstić information content (AvgIpc) is 3.34. The summed E-state index contributed by atoms with van der Waals surface area (Å²) in [7, 11) is 0. The molecule has 3 heterocycles. The van der Waals surface area contributed by atoms with Gasteiger partial charge < -0.3 is 26.1 Å². The Bertz CT molecular complexity index is 1220. The van der Waals surface area contributed by atoms with Crippen LogP contribution in [0.4, 0.5) is 10.1 Å². The second kappa shape index (κ2) is 8.62. The Kier molecular flexibility index (Phi) is 5.86. The number of hydrogen-bond acceptors (Lipinski definition) is 5. The van der Waals surface area contributed by atoms with Crippen molar-refractivity contribution in [2.45, 2.75) is 38.8 Å². The standard InChI is InChI=1S/C23H23FN4O5/c1-10-16(8-14-13-7-12(24)3-4-15(13)27-22(14)31)26-11(2)20(10)23(32)28-17-9-33-18(21(17)30)5-6-19(25)29/h3-4,7-8,17-18,26H,5-6,9H2,1-2H3,(H2,25,29)(H,27,31)(H,28,32)/b14-8-/t17-,18?/m1/s1. The first-order chi connectivity index (χ1) is 15.7. The van der Waals surface area contributed by atoms with Crippen molar-refractivity contribution in [3.05, 3.63) is 52.1 Å². The van der Waals surface area contributed by atoms with Crippen LogP contribution in [0.5, 0.6) is 0 Å². The van der Waals surface area contributed by atoms with Gasteiger partial charge in [0.05, 0.1) is 17.7 Å². The van der Waals surface area contributed by atoms with Gasteiger partial charge >= 0.3 is 0 Å². The number of carbonyl (C=O) groups is 4. The number of aromatic amines is 1. The summed E-state index contributed by atoms with van der Waals surface area (Å²) in [5.74, 6) is -2.14. The zero-order chi connectivity index (χ0) is 23.9. The van der Waals surface area contributed by atoms with Crippen molar-refractivity contribution in [2.75, 3.05) is 11.9 Å². The van der Waals surface area contributed by atoms with E-state index >= 15 is 0 Å². The van der Waals surface area contributed by atoms with Gasteiger partial charge in [-0.25, -0.2) is 4.39 Å². The van der Waals surface area contributed by atoms with E-state index in [4.69, 9.17) is 10.5 Å². The zero-order valence-electron chi connectivity index (χ0n) is 18.1. The van der Waals surface area contributed by atoms with Crippen LogP contribution >= 0.6 is 0 Å². The highest BCUT2D eigenvalue weighted by Gasteiger charge is 2.37. The number of nitrogens with one attached hydrogen (secondary N) is 3. The lowest BCUT2D eigenvalue weighted by molar-refractivity contribution is -0.124. The molecular weight excluding hydrogens is 431 g/mol. The van der Waals surface area contributed by atoms with E-state index in [2.05, 4.69) is 15.6 Å². The molecule has 0 bridgehead atoms. The molecule has 0 spiro atoms. The predicted molar refractivity (Wildman–Crippen MR) is 118 cm³/mol. The zero-order valence-corrected chi connectivity index (χ0v) is 18.1. The number of fused-ring (bicyclic) bond motifs is 1. The number of hydrogen-bond donors (Lipinski definition) is 4. The number of aryl methyl sites for hydroxylation is 1. The monoisotopic (exact) mass is 454 g/mol. The smallest absolute Gasteiger partial charge is 0.256 e. The van der Waals surface area contributed by atoms with E-state index in [9.17, 15) is 23.6 Å². The Morgan fingerprint density at radius 1 is 1.30 bits per heavy atom. The second-order valence-corrected chi connectivity index (χ2v) is 8.12. The number of amides is 3. The number of rotatable bonds is 6. The lowest BCUT2D eigenvalue weighted by Crippen LogP contribution is -2.41. The van der Waals surface area contributed by atoms with E-state index in [1.807, 2.05) is 0 Å². The van der Waals surface area contributed by atoms with Crippen LogP contribution in [0.25, 0.3) is 11.6 Å². The number of Topliss-reactive ketones (excluding diaryl/α,β-unsaturated/α-hetero) is 1. The van der Waals surface area contributed by atoms with Crippen LogP contribution in [0.1, 0.15) is 45.7 Å². The van der Waals surface area contributed by atoms with Gasteiger partial charge in [-0.15, -0.1) is 0 Å². The van der Waals surface area contributed by atoms with Crippen molar-refractivity contribution in [2.24, 2.45) is 5.73 Å². The lowest BCUT2D eigenvalue weighted by Gasteiger charge is -2.11. The number of H-pyrrole nitrogens is 1. The maximum atomic E-state index is 13.7. The highest BCUT2D eigenvalue weighted by Crippen LogP contribution is 2.34. The van der Waals surface area contributed by atoms with Gasteiger partial charge in [0.25, 0.3) is 11.8 Å². The van der Waals surface area contributed by atoms with E-state index in [0.717, 1.165) is 0 Å². The fourth-order valence-electron chi connectivity index (χ4n) is 4.15. The first-order valence-corrected chi connectivity index (χ1v) is 10.4. The predicted octanol–water partition coefficient (Wildman–Crippen LogP) is 1.60. The SMILES string of the molecule is Cc1[nH]c(/C=C2\C(=O)Nc3ccc(F)cc32)c(C)c1C(=O)N[C@@H]1COC(CCC(N)=O)C1=O. The maximum Gasteiger partial charge on any atom is 0.256 e. The normalized spacial score (nSPS) is 20.8. The fraction of sp³-hybridized carbons (Fsp3) is 0.304. The van der Waals surface area contributed by atoms with Crippen LogP contribution < -0.4 is 16.4 Å². The molecule has 0 radical (unpaired) electrons. The van der Waals surface area contributed by atoms with Crippen molar-refractivity contribution in [3.63, 3.8) is 0 Å². The lowest BCUT2D eigenvalue weighted by atomic mass is 10.0. The van der Waals surface area contributed by atoms with Crippen molar-refractivity contribution in [1.82, 2.24) is 10.3 Å². The van der Waals surface area contributed by atoms with Crippen LogP contribution in [0.2, 0.25) is 0 Å². The topological polar surface area (TPSA) is 143 Å². The molecule has 2 aromatic rings. The molecule has 1 aromatic heterocycles. The van der Waals surface area contributed by atoms with Gasteiger partial charge in [-0.3, -0.25) is 19.2 Å². The van der Waals surface area contributed by atoms with Crippen LogP contribution in [0.15, 0.2) is 18.2 Å². The molecule has 2 atom stereocenters. The Labute approximate surface area is 188 Å². The number of anilines is 1. The summed E-state index contributed by atoms with van der Waals surface area (Å²) in [4.78, 5) is 51.9. The van der Waals surface area contributed by atoms with Gasteiger partial charge in [-0.1, -0.05) is 0 Å². The van der Waals surface area contributed by atoms with Crippen LogP contribution in [0.3, 0.4) is 0 Å². The number of ketones is 1. The number of halogens is 1. The molecule has 1 saturated heterocycles. The number of aromatic nitrogens is 1. The van der Waals surface area contributed by atoms with Gasteiger partial charge in [0.1, 0.15) is 18.0 Å². The van der Waals surface area contributed by atoms with E-state index in [0.29, 0.717) is 33.8 Å². The molecule has 10 heteroatoms. The quantitative estimate of drug-likeness (QED) is 0.490. The number of ether oxygens (including phenoxy) is 1. The molecule has 0 saturated carbocycles. The minimum atomic E-state index is -0.832. The van der Waals surface area contributed by atoms with Gasteiger partial charge in [0.15, 0.2) is 5.78 Å². The molecule has 9 nitrogen and oxygen atoms in total. The number of carbonyl (C=O) groups excluding carboxylic acids is 4. The van der Waals surface area contributed by atoms with Gasteiger partial charge in [0, 0.05) is 29.1 Å². The maximum absolute atomic E-state index is 13.7. The average molecular weight is 454 g/mol. The number of nitrogens with two attached hydrogens (primary N) is 1. The summed E-state index contributed by atoms with van der Waals surface area (Å²) < 4.78 is 19.1. The highest BCUT2D eigenvalue weighted by molar-refractivity contribution is 6.34. The summed E-state index contributed by atoms with van der Waals surface area (Å²) in [5, 5.41) is 5.37. The van der Waals surface area contributed by atoms with E-state index in [1.165, 1.54) is 18.2 Å². The van der Waals surface area contributed by atoms with Crippen LogP contribution in [0, 0.1) is 19.7 Å². The molecule has 5 N–H and O–H groups in total. The van der Waals surface area contributed by atoms with E-state index in [-0.39, 0.29) is 36.7 Å². The molecule has 0 aliphatic carbocycles. The first kappa shape index (κ1) is 22.4. The summed E-state index contributed by atoms with van der Waals surface area (Å²) in [6, 6.07) is 3.20. The molecule has 1 unspecified atom stereocenters. The Balaban J connectivity index is 1.54. The summed E-state index contributed by atoms with van der Waals surface area (Å²) in [5.41, 5.74) is 8.33. The second-order valence-electron chi connectivity index (χ2n) is 8.12. The minimum absolute atomic E-state index is 0.00987. The number of primary amides is 1. The molecule has 1 fully saturated rings. The summed E-state index contributed by atoms with van der Waals surface area (Å²) >= 11 is 0. The van der Waals surface area contributed by atoms with Crippen molar-refractivity contribution < 1.29 is 28.3 Å². The molecule has 1 aromatic carbocycles. The Morgan fingerprint density at radius 2 is 2.06 bits per heavy atom. The van der Waals surface area contributed by atoms with Crippen molar-refractivity contribution in [1.29, 1.82) is 0 Å². The molecule has 2 aliphatic rings. The van der Waals surface area contributed by atoms with Crippen molar-refractivity contribution in [3.8, 4) is 0 Å². The molecule has 2 aliphatic heterocycles. The van der Waals surface area contributed by atoms with E-state index < -0.39 is 29.8 Å². The van der Waals surface area contributed by atoms with Gasteiger partial charge in [-0.05, 0) is 50.1 Å². The third kappa shape index (κ3) is 4.29. The molecule has 3 amide bonds. The van der Waals surface area contributed by atoms with Crippen molar-refractivity contribution >= 4 is 40.8 Å². The third-order valence-corrected chi connectivity index (χ3v) is 5.84. The van der Waals surface area contributed by atoms with Crippen LogP contribution in [-0.2, 0) is 19.1 Å². The molecule has 33 heavy (non-hydrogen) atoms. The highest BCUT2D eigenvalue weighted by atomic mass is 19.1. The first-order valence-electron chi connectivity index (χ1n) is 10.4. The van der Waals surface area contributed by atoms with E-state index in [1.54, 1.807) is 19.9 Å². The fourth-order valence-corrected chi connectivity index (χ4v) is 4.15. The minimum Gasteiger partial charge on any atom is -0.370 e. The summed E-state index contributed by atoms with van der Waals surface area (Å²) in [6.07, 6.45) is 0.984. The van der Waals surface area contributed by atoms with Crippen LogP contribution in [-0.4, -0.2) is 47.2 Å². The Morgan fingerprint density at radius 3 is 2.79 bits per heavy atom. The molecular formula is C23H23FN4O5. The Hall–Kier alpha value is -3.79. The number of benzene rings is 1.